The van der Waals surface area contributed by atoms with Crippen molar-refractivity contribution in [1.82, 2.24) is 4.98 Å². The highest BCUT2D eigenvalue weighted by molar-refractivity contribution is 5.86. The zero-order valence-corrected chi connectivity index (χ0v) is 16.9. The maximum atomic E-state index is 12.8. The molecule has 0 radical (unpaired) electrons. The smallest absolute Gasteiger partial charge is 0.416 e. The Kier molecular flexibility index (Phi) is 5.90. The van der Waals surface area contributed by atoms with Crippen molar-refractivity contribution in [2.24, 2.45) is 0 Å². The molecule has 0 amide bonds. The summed E-state index contributed by atoms with van der Waals surface area (Å²) in [5.41, 5.74) is 3.45. The number of hydrogen-bond donors (Lipinski definition) is 2. The molecule has 0 aliphatic rings. The molecule has 4 rings (SSSR count). The number of aliphatic carboxylic acids is 1. The minimum Gasteiger partial charge on any atom is -0.488 e. The van der Waals surface area contributed by atoms with Gasteiger partial charge in [-0.1, -0.05) is 24.3 Å². The summed E-state index contributed by atoms with van der Waals surface area (Å²) in [5.74, 6) is -0.304. The van der Waals surface area contributed by atoms with Crippen LogP contribution in [0.3, 0.4) is 0 Å². The first-order valence-electron chi connectivity index (χ1n) is 10.0. The van der Waals surface area contributed by atoms with E-state index in [-0.39, 0.29) is 13.0 Å². The van der Waals surface area contributed by atoms with Gasteiger partial charge in [0.1, 0.15) is 12.4 Å². The molecule has 164 valence electrons. The second-order valence-electron chi connectivity index (χ2n) is 7.49. The van der Waals surface area contributed by atoms with E-state index < -0.39 is 17.7 Å². The average Bonchev–Trinajstić information content (AvgIpc) is 3.24. The molecular weight excluding hydrogens is 419 g/mol. The Morgan fingerprint density at radius 1 is 0.938 bits per heavy atom. The maximum absolute atomic E-state index is 12.8. The number of halogens is 3. The van der Waals surface area contributed by atoms with Crippen LogP contribution in [0.25, 0.3) is 22.0 Å². The van der Waals surface area contributed by atoms with Crippen LogP contribution in [0.1, 0.15) is 23.1 Å². The van der Waals surface area contributed by atoms with Gasteiger partial charge < -0.3 is 14.8 Å². The Morgan fingerprint density at radius 3 is 2.41 bits per heavy atom. The molecule has 0 saturated carbocycles. The lowest BCUT2D eigenvalue weighted by molar-refractivity contribution is -0.138. The first-order valence-corrected chi connectivity index (χ1v) is 10.0. The molecule has 32 heavy (non-hydrogen) atoms. The zero-order valence-electron chi connectivity index (χ0n) is 16.9. The van der Waals surface area contributed by atoms with E-state index in [1.165, 1.54) is 12.1 Å². The molecule has 4 nitrogen and oxygen atoms in total. The van der Waals surface area contributed by atoms with Crippen LogP contribution in [0.4, 0.5) is 13.2 Å². The monoisotopic (exact) mass is 439 g/mol. The molecule has 1 heterocycles. The van der Waals surface area contributed by atoms with Gasteiger partial charge in [-0.3, -0.25) is 4.79 Å². The van der Waals surface area contributed by atoms with Crippen molar-refractivity contribution in [3.8, 4) is 16.9 Å². The lowest BCUT2D eigenvalue weighted by Crippen LogP contribution is -2.05. The number of nitrogens with one attached hydrogen (secondary N) is 1. The number of carboxylic acid groups (broad SMARTS) is 1. The number of aromatic nitrogens is 1. The van der Waals surface area contributed by atoms with Crippen LogP contribution in [0.2, 0.25) is 0 Å². The van der Waals surface area contributed by atoms with Gasteiger partial charge in [0.2, 0.25) is 0 Å². The Hall–Kier alpha value is -3.74. The van der Waals surface area contributed by atoms with E-state index in [4.69, 9.17) is 9.84 Å². The second kappa shape index (κ2) is 8.78. The fourth-order valence-corrected chi connectivity index (χ4v) is 3.51. The number of aromatic amines is 1. The van der Waals surface area contributed by atoms with Crippen LogP contribution in [-0.2, 0) is 24.0 Å². The second-order valence-corrected chi connectivity index (χ2v) is 7.49. The predicted molar refractivity (Wildman–Crippen MR) is 115 cm³/mol. The molecule has 2 N–H and O–H groups in total. The first-order chi connectivity index (χ1) is 15.3. The number of H-pyrrole nitrogens is 1. The van der Waals surface area contributed by atoms with Crippen LogP contribution in [0.15, 0.2) is 72.9 Å². The molecule has 0 fully saturated rings. The minimum atomic E-state index is -4.38. The predicted octanol–water partition coefficient (Wildman–Crippen LogP) is 6.45. The van der Waals surface area contributed by atoms with Gasteiger partial charge in [0.25, 0.3) is 0 Å². The number of benzene rings is 3. The SMILES string of the molecule is O=C(O)CCc1ccc(OCc2ccc(C(F)(F)F)cc2)c(-c2ccc3[nH]ccc3c2)c1. The average molecular weight is 439 g/mol. The summed E-state index contributed by atoms with van der Waals surface area (Å²) in [6.45, 7) is 0.103. The van der Waals surface area contributed by atoms with Gasteiger partial charge in [0.05, 0.1) is 5.56 Å². The lowest BCUT2D eigenvalue weighted by Gasteiger charge is -2.14. The number of carbonyl (C=O) groups is 1. The van der Waals surface area contributed by atoms with Gasteiger partial charge >= 0.3 is 12.1 Å². The normalized spacial score (nSPS) is 11.6. The Balaban J connectivity index is 1.62. The van der Waals surface area contributed by atoms with E-state index in [0.29, 0.717) is 17.7 Å². The van der Waals surface area contributed by atoms with Crippen molar-refractivity contribution < 1.29 is 27.8 Å². The molecule has 0 aliphatic carbocycles. The summed E-state index contributed by atoms with van der Waals surface area (Å²) in [7, 11) is 0. The molecule has 3 aromatic carbocycles. The molecule has 0 saturated heterocycles. The van der Waals surface area contributed by atoms with Crippen LogP contribution >= 0.6 is 0 Å². The summed E-state index contributed by atoms with van der Waals surface area (Å²) >= 11 is 0. The number of carboxylic acids is 1. The fourth-order valence-electron chi connectivity index (χ4n) is 3.51. The molecule has 0 atom stereocenters. The molecule has 4 aromatic rings. The molecule has 0 unspecified atom stereocenters. The van der Waals surface area contributed by atoms with Crippen LogP contribution in [-0.4, -0.2) is 16.1 Å². The van der Waals surface area contributed by atoms with E-state index in [2.05, 4.69) is 4.98 Å². The molecule has 0 spiro atoms. The zero-order chi connectivity index (χ0) is 22.7. The summed E-state index contributed by atoms with van der Waals surface area (Å²) < 4.78 is 44.3. The van der Waals surface area contributed by atoms with E-state index in [1.54, 1.807) is 6.07 Å². The van der Waals surface area contributed by atoms with Gasteiger partial charge in [0, 0.05) is 23.7 Å². The Morgan fingerprint density at radius 2 is 1.69 bits per heavy atom. The third-order valence-electron chi connectivity index (χ3n) is 5.21. The molecule has 7 heteroatoms. The van der Waals surface area contributed by atoms with Crippen molar-refractivity contribution >= 4 is 16.9 Å². The highest BCUT2D eigenvalue weighted by Gasteiger charge is 2.29. The molecule has 1 aromatic heterocycles. The summed E-state index contributed by atoms with van der Waals surface area (Å²) in [6.07, 6.45) is -2.13. The summed E-state index contributed by atoms with van der Waals surface area (Å²) in [5, 5.41) is 10.0. The van der Waals surface area contributed by atoms with Crippen LogP contribution in [0.5, 0.6) is 5.75 Å². The van der Waals surface area contributed by atoms with E-state index in [1.807, 2.05) is 42.6 Å². The number of fused-ring (bicyclic) bond motifs is 1. The fraction of sp³-hybridized carbons (Fsp3) is 0.160. The molecule has 0 bridgehead atoms. The third kappa shape index (κ3) is 4.94. The number of ether oxygens (including phenoxy) is 1. The number of rotatable bonds is 7. The van der Waals surface area contributed by atoms with Gasteiger partial charge in [0.15, 0.2) is 0 Å². The topological polar surface area (TPSA) is 62.3 Å². The lowest BCUT2D eigenvalue weighted by atomic mass is 9.98. The summed E-state index contributed by atoms with van der Waals surface area (Å²) in [6, 6.07) is 18.2. The number of hydrogen-bond acceptors (Lipinski definition) is 2. The van der Waals surface area contributed by atoms with Crippen molar-refractivity contribution in [2.45, 2.75) is 25.6 Å². The first kappa shape index (κ1) is 21.5. The summed E-state index contributed by atoms with van der Waals surface area (Å²) in [4.78, 5) is 14.1. The van der Waals surface area contributed by atoms with Gasteiger partial charge in [-0.25, -0.2) is 0 Å². The quantitative estimate of drug-likeness (QED) is 0.348. The minimum absolute atomic E-state index is 0.0159. The molecular formula is C25H20F3NO3. The Labute approximate surface area is 182 Å². The van der Waals surface area contributed by atoms with Crippen LogP contribution in [0, 0.1) is 0 Å². The highest BCUT2D eigenvalue weighted by Crippen LogP contribution is 2.34. The van der Waals surface area contributed by atoms with Crippen molar-refractivity contribution in [3.05, 3.63) is 89.6 Å². The van der Waals surface area contributed by atoms with E-state index in [0.717, 1.165) is 39.7 Å². The van der Waals surface area contributed by atoms with E-state index in [9.17, 15) is 18.0 Å². The Bertz CT molecular complexity index is 1240. The van der Waals surface area contributed by atoms with Crippen molar-refractivity contribution in [2.75, 3.05) is 0 Å². The van der Waals surface area contributed by atoms with Gasteiger partial charge in [-0.05, 0) is 71.0 Å². The number of aryl methyl sites for hydroxylation is 1. The van der Waals surface area contributed by atoms with Gasteiger partial charge in [-0.2, -0.15) is 13.2 Å². The standard InChI is InChI=1S/C25H20F3NO3/c26-25(27,28)20-6-1-17(2-7-20)15-32-23-9-3-16(4-10-24(30)31)13-21(23)18-5-8-22-19(14-18)11-12-29-22/h1-3,5-9,11-14,29H,4,10,15H2,(H,30,31). The van der Waals surface area contributed by atoms with Gasteiger partial charge in [-0.15, -0.1) is 0 Å². The largest absolute Gasteiger partial charge is 0.488 e. The number of alkyl halides is 3. The van der Waals surface area contributed by atoms with Crippen molar-refractivity contribution in [3.63, 3.8) is 0 Å². The third-order valence-corrected chi connectivity index (χ3v) is 5.21. The van der Waals surface area contributed by atoms with E-state index >= 15 is 0 Å². The molecule has 0 aliphatic heterocycles. The van der Waals surface area contributed by atoms with Crippen LogP contribution < -0.4 is 4.74 Å². The van der Waals surface area contributed by atoms with Crippen molar-refractivity contribution in [1.29, 1.82) is 0 Å². The maximum Gasteiger partial charge on any atom is 0.416 e. The highest BCUT2D eigenvalue weighted by atomic mass is 19.4.